The van der Waals surface area contributed by atoms with E-state index >= 15 is 0 Å². The average Bonchev–Trinajstić information content (AvgIpc) is 1.88. The van der Waals surface area contributed by atoms with E-state index < -0.39 is 12.6 Å². The first-order valence-electron chi connectivity index (χ1n) is 2.89. The number of halogens is 1. The highest BCUT2D eigenvalue weighted by Crippen LogP contribution is 1.87. The third-order valence-electron chi connectivity index (χ3n) is 0.744. The maximum absolute atomic E-state index is 11.6. The fourth-order valence-electron chi connectivity index (χ4n) is 0.374. The van der Waals surface area contributed by atoms with E-state index in [2.05, 4.69) is 4.74 Å². The molecule has 0 atom stereocenters. The van der Waals surface area contributed by atoms with Crippen molar-refractivity contribution < 1.29 is 13.9 Å². The van der Waals surface area contributed by atoms with Crippen LogP contribution in [0.3, 0.4) is 0 Å². The number of nitrogens with two attached hydrogens (primary N) is 1. The van der Waals surface area contributed by atoms with E-state index in [1.54, 1.807) is 6.92 Å². The third-order valence-corrected chi connectivity index (χ3v) is 0.744. The van der Waals surface area contributed by atoms with Crippen molar-refractivity contribution >= 4 is 5.97 Å². The van der Waals surface area contributed by atoms with E-state index in [1.165, 1.54) is 0 Å². The summed E-state index contributed by atoms with van der Waals surface area (Å²) in [5, 5.41) is 0. The van der Waals surface area contributed by atoms with Gasteiger partial charge in [0.05, 0.1) is 6.61 Å². The van der Waals surface area contributed by atoms with E-state index in [9.17, 15) is 9.18 Å². The second-order valence-electron chi connectivity index (χ2n) is 1.60. The van der Waals surface area contributed by atoms with Crippen molar-refractivity contribution in [2.45, 2.75) is 6.92 Å². The summed E-state index contributed by atoms with van der Waals surface area (Å²) < 4.78 is 16.0. The van der Waals surface area contributed by atoms with E-state index in [0.717, 1.165) is 6.08 Å². The van der Waals surface area contributed by atoms with Gasteiger partial charge in [0.2, 0.25) is 0 Å². The third kappa shape index (κ3) is 3.88. The molecule has 4 heteroatoms. The van der Waals surface area contributed by atoms with E-state index in [-0.39, 0.29) is 12.3 Å². The molecule has 0 aromatic rings. The fraction of sp³-hybridized carbons (Fsp3) is 0.500. The van der Waals surface area contributed by atoms with Crippen LogP contribution < -0.4 is 5.73 Å². The number of esters is 1. The van der Waals surface area contributed by atoms with E-state index in [0.29, 0.717) is 0 Å². The summed E-state index contributed by atoms with van der Waals surface area (Å²) in [5.74, 6) is -0.599. The maximum atomic E-state index is 11.6. The summed E-state index contributed by atoms with van der Waals surface area (Å²) in [6, 6.07) is 0. The quantitative estimate of drug-likeness (QED) is 0.463. The molecule has 0 radical (unpaired) electrons. The summed E-state index contributed by atoms with van der Waals surface area (Å²) in [5.41, 5.74) is 4.88. The Bertz CT molecular complexity index is 145. The maximum Gasteiger partial charge on any atom is 0.332 e. The van der Waals surface area contributed by atoms with E-state index in [1.807, 2.05) is 0 Å². The summed E-state index contributed by atoms with van der Waals surface area (Å²) in [6.07, 6.45) is 0.934. The molecule has 0 amide bonds. The molecule has 0 saturated carbocycles. The van der Waals surface area contributed by atoms with Gasteiger partial charge in [0.25, 0.3) is 0 Å². The predicted octanol–water partition coefficient (Wildman–Crippen LogP) is 0.362. The molecule has 0 unspecified atom stereocenters. The Kier molecular flexibility index (Phi) is 4.28. The van der Waals surface area contributed by atoms with Crippen molar-refractivity contribution in [1.82, 2.24) is 0 Å². The van der Waals surface area contributed by atoms with Gasteiger partial charge in [0.15, 0.2) is 0 Å². The average molecular weight is 147 g/mol. The number of allylic oxidation sites excluding steroid dienone is 1. The van der Waals surface area contributed by atoms with Gasteiger partial charge in [-0.05, 0) is 6.92 Å². The molecule has 0 heterocycles. The first kappa shape index (κ1) is 8.94. The number of hydrogen-bond acceptors (Lipinski definition) is 3. The molecule has 0 aromatic carbocycles. The molecule has 0 bridgehead atoms. The first-order valence-corrected chi connectivity index (χ1v) is 2.89. The number of alkyl halides is 1. The van der Waals surface area contributed by atoms with Crippen LogP contribution in [0.1, 0.15) is 6.92 Å². The molecular weight excluding hydrogens is 137 g/mol. The standard InChI is InChI=1S/C6H10FNO2/c1-2-10-6(9)3-5(8)4-7/h3H,2,4,8H2,1H3/b5-3-. The molecule has 2 N–H and O–H groups in total. The predicted molar refractivity (Wildman–Crippen MR) is 34.9 cm³/mol. The van der Waals surface area contributed by atoms with Gasteiger partial charge in [-0.1, -0.05) is 0 Å². The monoisotopic (exact) mass is 147 g/mol. The molecule has 0 rings (SSSR count). The van der Waals surface area contributed by atoms with Gasteiger partial charge in [-0.2, -0.15) is 0 Å². The Morgan fingerprint density at radius 1 is 1.80 bits per heavy atom. The van der Waals surface area contributed by atoms with Crippen LogP contribution in [0.2, 0.25) is 0 Å². The van der Waals surface area contributed by atoms with Crippen LogP contribution in [0.15, 0.2) is 11.8 Å². The van der Waals surface area contributed by atoms with Crippen LogP contribution >= 0.6 is 0 Å². The van der Waals surface area contributed by atoms with Gasteiger partial charge < -0.3 is 10.5 Å². The van der Waals surface area contributed by atoms with Gasteiger partial charge in [-0.15, -0.1) is 0 Å². The smallest absolute Gasteiger partial charge is 0.332 e. The topological polar surface area (TPSA) is 52.3 Å². The van der Waals surface area contributed by atoms with Crippen LogP contribution in [-0.2, 0) is 9.53 Å². The number of carbonyl (C=O) groups excluding carboxylic acids is 1. The number of hydrogen-bond donors (Lipinski definition) is 1. The fourth-order valence-corrected chi connectivity index (χ4v) is 0.374. The minimum atomic E-state index is -0.821. The largest absolute Gasteiger partial charge is 0.463 e. The molecule has 10 heavy (non-hydrogen) atoms. The summed E-state index contributed by atoms with van der Waals surface area (Å²) in [7, 11) is 0. The molecule has 0 aliphatic heterocycles. The molecule has 3 nitrogen and oxygen atoms in total. The van der Waals surface area contributed by atoms with Crippen molar-refractivity contribution in [3.63, 3.8) is 0 Å². The second-order valence-corrected chi connectivity index (χ2v) is 1.60. The van der Waals surface area contributed by atoms with Crippen molar-refractivity contribution in [3.8, 4) is 0 Å². The van der Waals surface area contributed by atoms with Crippen LogP contribution in [0.4, 0.5) is 4.39 Å². The normalized spacial score (nSPS) is 11.2. The zero-order valence-electron chi connectivity index (χ0n) is 5.76. The summed E-state index contributed by atoms with van der Waals surface area (Å²) in [6.45, 7) is 1.12. The highest BCUT2D eigenvalue weighted by molar-refractivity contribution is 5.82. The Morgan fingerprint density at radius 3 is 2.80 bits per heavy atom. The highest BCUT2D eigenvalue weighted by atomic mass is 19.1. The van der Waals surface area contributed by atoms with Crippen molar-refractivity contribution in [2.75, 3.05) is 13.3 Å². The summed E-state index contributed by atoms with van der Waals surface area (Å²) >= 11 is 0. The zero-order chi connectivity index (χ0) is 7.98. The lowest BCUT2D eigenvalue weighted by Gasteiger charge is -1.95. The van der Waals surface area contributed by atoms with Crippen LogP contribution in [-0.4, -0.2) is 19.3 Å². The Balaban J connectivity index is 3.75. The van der Waals surface area contributed by atoms with Crippen LogP contribution in [0.25, 0.3) is 0 Å². The van der Waals surface area contributed by atoms with Gasteiger partial charge in [-0.25, -0.2) is 9.18 Å². The SMILES string of the molecule is CCOC(=O)/C=C(\N)CF. The number of rotatable bonds is 3. The lowest BCUT2D eigenvalue weighted by molar-refractivity contribution is -0.137. The first-order chi connectivity index (χ1) is 4.70. The zero-order valence-corrected chi connectivity index (χ0v) is 5.76. The molecule has 58 valence electrons. The Hall–Kier alpha value is -1.06. The molecular formula is C6H10FNO2. The number of carbonyl (C=O) groups is 1. The molecule has 0 fully saturated rings. The lowest BCUT2D eigenvalue weighted by atomic mass is 10.4. The van der Waals surface area contributed by atoms with Gasteiger partial charge in [-0.3, -0.25) is 0 Å². The highest BCUT2D eigenvalue weighted by Gasteiger charge is 1.96. The second kappa shape index (κ2) is 4.78. The Labute approximate surface area is 58.7 Å². The van der Waals surface area contributed by atoms with Gasteiger partial charge in [0, 0.05) is 11.8 Å². The number of ether oxygens (including phenoxy) is 1. The molecule has 0 spiro atoms. The Morgan fingerprint density at radius 2 is 2.40 bits per heavy atom. The lowest BCUT2D eigenvalue weighted by Crippen LogP contribution is -2.06. The van der Waals surface area contributed by atoms with Crippen molar-refractivity contribution in [3.05, 3.63) is 11.8 Å². The molecule has 0 saturated heterocycles. The van der Waals surface area contributed by atoms with Crippen molar-refractivity contribution in [2.24, 2.45) is 5.73 Å². The molecule has 0 aliphatic carbocycles. The summed E-state index contributed by atoms with van der Waals surface area (Å²) in [4.78, 5) is 10.5. The van der Waals surface area contributed by atoms with Gasteiger partial charge >= 0.3 is 5.97 Å². The minimum Gasteiger partial charge on any atom is -0.463 e. The minimum absolute atomic E-state index is 0.113. The van der Waals surface area contributed by atoms with Gasteiger partial charge in [0.1, 0.15) is 6.67 Å². The van der Waals surface area contributed by atoms with Crippen LogP contribution in [0, 0.1) is 0 Å². The molecule has 0 aliphatic rings. The molecule has 0 aromatic heterocycles. The van der Waals surface area contributed by atoms with E-state index in [4.69, 9.17) is 5.73 Å². The van der Waals surface area contributed by atoms with Crippen LogP contribution in [0.5, 0.6) is 0 Å². The van der Waals surface area contributed by atoms with Crippen molar-refractivity contribution in [1.29, 1.82) is 0 Å².